The van der Waals surface area contributed by atoms with Crippen molar-refractivity contribution in [1.82, 2.24) is 33.6 Å². The number of piperazine rings is 1. The van der Waals surface area contributed by atoms with Crippen LogP contribution in [0.3, 0.4) is 0 Å². The van der Waals surface area contributed by atoms with Crippen LogP contribution in [0, 0.1) is 0 Å². The van der Waals surface area contributed by atoms with Crippen LogP contribution in [0.1, 0.15) is 47.8 Å². The molecule has 2 aliphatic rings. The number of sulfonamides is 1. The summed E-state index contributed by atoms with van der Waals surface area (Å²) in [6.07, 6.45) is 9.21. The summed E-state index contributed by atoms with van der Waals surface area (Å²) in [5.41, 5.74) is 2.47. The van der Waals surface area contributed by atoms with Gasteiger partial charge in [0.1, 0.15) is 17.2 Å². The van der Waals surface area contributed by atoms with E-state index in [1.807, 2.05) is 24.4 Å². The molecular formula is C25H34N8O3S. The molecule has 2 fully saturated rings. The summed E-state index contributed by atoms with van der Waals surface area (Å²) in [5, 5.41) is 4.05. The van der Waals surface area contributed by atoms with Crippen molar-refractivity contribution < 1.29 is 13.2 Å². The van der Waals surface area contributed by atoms with Crippen LogP contribution in [-0.2, 0) is 16.6 Å². The average molecular weight is 527 g/mol. The van der Waals surface area contributed by atoms with Crippen molar-refractivity contribution in [3.63, 3.8) is 0 Å². The number of hydrogen-bond acceptors (Lipinski definition) is 8. The zero-order valence-corrected chi connectivity index (χ0v) is 22.4. The Morgan fingerprint density at radius 2 is 1.81 bits per heavy atom. The van der Waals surface area contributed by atoms with Gasteiger partial charge < -0.3 is 14.8 Å². The summed E-state index contributed by atoms with van der Waals surface area (Å²) in [7, 11) is 0.401. The monoisotopic (exact) mass is 526 g/mol. The number of pyridine rings is 1. The number of anilines is 2. The lowest BCUT2D eigenvalue weighted by Gasteiger charge is -2.33. The van der Waals surface area contributed by atoms with Gasteiger partial charge in [0.05, 0.1) is 6.26 Å². The summed E-state index contributed by atoms with van der Waals surface area (Å²) >= 11 is 0. The first kappa shape index (κ1) is 25.6. The Hall–Kier alpha value is -3.09. The molecule has 0 spiro atoms. The fourth-order valence-corrected chi connectivity index (χ4v) is 6.00. The highest BCUT2D eigenvalue weighted by atomic mass is 32.2. The molecule has 1 saturated carbocycles. The molecule has 4 heterocycles. The van der Waals surface area contributed by atoms with Crippen molar-refractivity contribution in [2.45, 2.75) is 38.3 Å². The third kappa shape index (κ3) is 5.60. The number of aromatic nitrogens is 4. The van der Waals surface area contributed by atoms with E-state index in [0.29, 0.717) is 50.2 Å². The van der Waals surface area contributed by atoms with Gasteiger partial charge in [-0.1, -0.05) is 18.9 Å². The van der Waals surface area contributed by atoms with Gasteiger partial charge in [0.25, 0.3) is 5.91 Å². The predicted octanol–water partition coefficient (Wildman–Crippen LogP) is 2.46. The maximum Gasteiger partial charge on any atom is 0.270 e. The number of carbonyl (C=O) groups is 1. The molecule has 1 aliphatic heterocycles. The van der Waals surface area contributed by atoms with E-state index < -0.39 is 10.0 Å². The van der Waals surface area contributed by atoms with Crippen LogP contribution in [0.25, 0.3) is 11.0 Å². The Morgan fingerprint density at radius 3 is 2.43 bits per heavy atom. The van der Waals surface area contributed by atoms with Crippen LogP contribution in [0.5, 0.6) is 0 Å². The number of nitrogens with one attached hydrogen (secondary N) is 1. The standard InChI is InChI=1S/C25H34N8O3S/c1-30(2)24(34)21-14-19-16-27-25(29-23(19)33(21)20-6-4-5-7-20)28-22-9-8-18(15-26-22)17-31-10-12-32(13-11-31)37(3,35)36/h8-9,14-16,20H,4-7,10-13,17H2,1-3H3,(H,26,27,28,29). The topological polar surface area (TPSA) is 117 Å². The van der Waals surface area contributed by atoms with E-state index in [4.69, 9.17) is 4.98 Å². The highest BCUT2D eigenvalue weighted by Crippen LogP contribution is 2.34. The highest BCUT2D eigenvalue weighted by Gasteiger charge is 2.27. The van der Waals surface area contributed by atoms with Crippen LogP contribution in [-0.4, -0.2) is 94.5 Å². The summed E-state index contributed by atoms with van der Waals surface area (Å²) in [6, 6.07) is 6.05. The minimum Gasteiger partial charge on any atom is -0.343 e. The number of amides is 1. The Balaban J connectivity index is 1.30. The van der Waals surface area contributed by atoms with Gasteiger partial charge in [0.2, 0.25) is 16.0 Å². The van der Waals surface area contributed by atoms with Gasteiger partial charge in [-0.15, -0.1) is 0 Å². The lowest BCUT2D eigenvalue weighted by atomic mass is 10.2. The van der Waals surface area contributed by atoms with Gasteiger partial charge in [0, 0.05) is 70.6 Å². The van der Waals surface area contributed by atoms with Gasteiger partial charge in [0.15, 0.2) is 0 Å². The second kappa shape index (κ2) is 10.3. The number of rotatable bonds is 7. The average Bonchev–Trinajstić information content (AvgIpc) is 3.52. The van der Waals surface area contributed by atoms with Crippen LogP contribution in [0.2, 0.25) is 0 Å². The van der Waals surface area contributed by atoms with Crippen molar-refractivity contribution in [2.75, 3.05) is 51.8 Å². The molecule has 11 nitrogen and oxygen atoms in total. The van der Waals surface area contributed by atoms with Gasteiger partial charge in [-0.25, -0.2) is 18.4 Å². The SMILES string of the molecule is CN(C)C(=O)c1cc2cnc(Nc3ccc(CN4CCN(S(C)(=O)=O)CC4)cn3)nc2n1C1CCCC1. The molecule has 3 aromatic rings. The normalized spacial score (nSPS) is 17.9. The van der Waals surface area contributed by atoms with E-state index in [0.717, 1.165) is 42.3 Å². The molecule has 3 aromatic heterocycles. The molecule has 0 unspecified atom stereocenters. The van der Waals surface area contributed by atoms with Crippen LogP contribution in [0.15, 0.2) is 30.6 Å². The number of nitrogens with zero attached hydrogens (tertiary/aromatic N) is 7. The lowest BCUT2D eigenvalue weighted by Crippen LogP contribution is -2.47. The molecule has 1 aliphatic carbocycles. The molecule has 0 atom stereocenters. The molecule has 198 valence electrons. The number of hydrogen-bond donors (Lipinski definition) is 1. The van der Waals surface area contributed by atoms with E-state index in [1.165, 1.54) is 10.6 Å². The zero-order chi connectivity index (χ0) is 26.2. The Labute approximate surface area is 217 Å². The molecule has 12 heteroatoms. The van der Waals surface area contributed by atoms with Gasteiger partial charge in [-0.2, -0.15) is 9.29 Å². The maximum atomic E-state index is 12.9. The summed E-state index contributed by atoms with van der Waals surface area (Å²) in [4.78, 5) is 30.5. The smallest absolute Gasteiger partial charge is 0.270 e. The van der Waals surface area contributed by atoms with Gasteiger partial charge in [-0.3, -0.25) is 9.69 Å². The summed E-state index contributed by atoms with van der Waals surface area (Å²) in [5.74, 6) is 1.04. The van der Waals surface area contributed by atoms with Gasteiger partial charge in [-0.05, 0) is 30.5 Å². The van der Waals surface area contributed by atoms with Crippen molar-refractivity contribution in [1.29, 1.82) is 0 Å². The number of fused-ring (bicyclic) bond motifs is 1. The number of carbonyl (C=O) groups excluding carboxylic acids is 1. The molecular weight excluding hydrogens is 492 g/mol. The minimum atomic E-state index is -3.13. The lowest BCUT2D eigenvalue weighted by molar-refractivity contribution is 0.0815. The van der Waals surface area contributed by atoms with Crippen LogP contribution < -0.4 is 5.32 Å². The molecule has 0 bridgehead atoms. The second-order valence-electron chi connectivity index (χ2n) is 10.1. The van der Waals surface area contributed by atoms with Crippen molar-refractivity contribution in [2.24, 2.45) is 0 Å². The first-order valence-corrected chi connectivity index (χ1v) is 14.5. The fraction of sp³-hybridized carbons (Fsp3) is 0.520. The van der Waals surface area contributed by atoms with E-state index in [1.54, 1.807) is 25.2 Å². The zero-order valence-electron chi connectivity index (χ0n) is 21.6. The fourth-order valence-electron chi connectivity index (χ4n) is 5.18. The summed E-state index contributed by atoms with van der Waals surface area (Å²) < 4.78 is 27.0. The second-order valence-corrected chi connectivity index (χ2v) is 12.1. The maximum absolute atomic E-state index is 12.9. The van der Waals surface area contributed by atoms with Crippen LogP contribution >= 0.6 is 0 Å². The molecule has 1 N–H and O–H groups in total. The summed E-state index contributed by atoms with van der Waals surface area (Å²) in [6.45, 7) is 3.12. The molecule has 37 heavy (non-hydrogen) atoms. The highest BCUT2D eigenvalue weighted by molar-refractivity contribution is 7.88. The Morgan fingerprint density at radius 1 is 1.08 bits per heavy atom. The van der Waals surface area contributed by atoms with E-state index in [9.17, 15) is 13.2 Å². The van der Waals surface area contributed by atoms with E-state index in [2.05, 4.69) is 24.8 Å². The first-order chi connectivity index (χ1) is 17.7. The third-order valence-electron chi connectivity index (χ3n) is 7.16. The molecule has 1 amide bonds. The van der Waals surface area contributed by atoms with Gasteiger partial charge >= 0.3 is 0 Å². The van der Waals surface area contributed by atoms with Crippen LogP contribution in [0.4, 0.5) is 11.8 Å². The Kier molecular flexibility index (Phi) is 7.15. The molecule has 5 rings (SSSR count). The van der Waals surface area contributed by atoms with Crippen molar-refractivity contribution in [3.05, 3.63) is 41.9 Å². The molecule has 0 radical (unpaired) electrons. The third-order valence-corrected chi connectivity index (χ3v) is 8.47. The molecule has 1 saturated heterocycles. The van der Waals surface area contributed by atoms with E-state index in [-0.39, 0.29) is 11.9 Å². The minimum absolute atomic E-state index is 0.0330. The Bertz CT molecular complexity index is 1370. The van der Waals surface area contributed by atoms with Crippen molar-refractivity contribution >= 4 is 38.7 Å². The first-order valence-electron chi connectivity index (χ1n) is 12.7. The quantitative estimate of drug-likeness (QED) is 0.499. The van der Waals surface area contributed by atoms with E-state index >= 15 is 0 Å². The molecule has 0 aromatic carbocycles. The predicted molar refractivity (Wildman–Crippen MR) is 142 cm³/mol. The van der Waals surface area contributed by atoms with Crippen molar-refractivity contribution in [3.8, 4) is 0 Å². The largest absolute Gasteiger partial charge is 0.343 e.